The van der Waals surface area contributed by atoms with E-state index in [-0.39, 0.29) is 24.7 Å². The molecule has 8 nitrogen and oxygen atoms in total. The van der Waals surface area contributed by atoms with E-state index in [1.807, 2.05) is 12.1 Å². The molecule has 1 amide bonds. The molecule has 1 fully saturated rings. The van der Waals surface area contributed by atoms with Crippen LogP contribution in [0.1, 0.15) is 23.7 Å². The molecular weight excluding hydrogens is 462 g/mol. The molecule has 3 aromatic carbocycles. The van der Waals surface area contributed by atoms with Crippen LogP contribution in [0.4, 0.5) is 5.69 Å². The Bertz CT molecular complexity index is 1240. The quantitative estimate of drug-likeness (QED) is 0.319. The van der Waals surface area contributed by atoms with Gasteiger partial charge in [0.25, 0.3) is 0 Å². The van der Waals surface area contributed by atoms with Crippen LogP contribution in [-0.4, -0.2) is 44.5 Å². The number of amides is 1. The standard InChI is InChI=1S/C28H27NO7/c1-18(27(31)19-8-12-22(33-2)13-9-19)35-28(32)20-16-26(30)29(17-20)21-10-14-23(15-11-21)36-25-7-5-4-6-24(25)34-3/h4-15,18,20H,16-17H2,1-3H3/t18-,20-/m1/s1. The van der Waals surface area contributed by atoms with Crippen LogP contribution in [0, 0.1) is 5.92 Å². The van der Waals surface area contributed by atoms with Gasteiger partial charge in [-0.1, -0.05) is 12.1 Å². The fourth-order valence-corrected chi connectivity index (χ4v) is 3.95. The molecule has 1 saturated heterocycles. The van der Waals surface area contributed by atoms with Gasteiger partial charge in [0.05, 0.1) is 20.1 Å². The van der Waals surface area contributed by atoms with Crippen molar-refractivity contribution >= 4 is 23.3 Å². The Hall–Kier alpha value is -4.33. The largest absolute Gasteiger partial charge is 0.497 e. The number of nitrogens with zero attached hydrogens (tertiary/aromatic N) is 1. The first kappa shape index (κ1) is 24.8. The van der Waals surface area contributed by atoms with Gasteiger partial charge < -0.3 is 23.8 Å². The number of ether oxygens (including phenoxy) is 4. The number of para-hydroxylation sites is 2. The zero-order valence-corrected chi connectivity index (χ0v) is 20.3. The van der Waals surface area contributed by atoms with Gasteiger partial charge >= 0.3 is 5.97 Å². The summed E-state index contributed by atoms with van der Waals surface area (Å²) in [6.45, 7) is 1.70. The van der Waals surface area contributed by atoms with Crippen molar-refractivity contribution in [2.24, 2.45) is 5.92 Å². The Morgan fingerprint density at radius 1 is 0.861 bits per heavy atom. The molecule has 8 heteroatoms. The lowest BCUT2D eigenvalue weighted by molar-refractivity contribution is -0.151. The number of benzene rings is 3. The first-order valence-corrected chi connectivity index (χ1v) is 11.5. The van der Waals surface area contributed by atoms with Crippen molar-refractivity contribution in [1.82, 2.24) is 0 Å². The van der Waals surface area contributed by atoms with Gasteiger partial charge in [-0.3, -0.25) is 14.4 Å². The van der Waals surface area contributed by atoms with Crippen molar-refractivity contribution in [2.45, 2.75) is 19.4 Å². The third-order valence-electron chi connectivity index (χ3n) is 5.94. The maximum absolute atomic E-state index is 12.7. The normalized spacial score (nSPS) is 15.8. The van der Waals surface area contributed by atoms with Crippen molar-refractivity contribution in [2.75, 3.05) is 25.7 Å². The molecule has 186 valence electrons. The molecule has 0 unspecified atom stereocenters. The number of rotatable bonds is 9. The summed E-state index contributed by atoms with van der Waals surface area (Å²) in [6, 6.07) is 20.9. The maximum Gasteiger partial charge on any atom is 0.312 e. The lowest BCUT2D eigenvalue weighted by atomic mass is 10.1. The number of anilines is 1. The van der Waals surface area contributed by atoms with Gasteiger partial charge in [-0.15, -0.1) is 0 Å². The highest BCUT2D eigenvalue weighted by molar-refractivity contribution is 6.02. The number of ketones is 1. The molecular formula is C28H27NO7. The van der Waals surface area contributed by atoms with Crippen molar-refractivity contribution in [1.29, 1.82) is 0 Å². The van der Waals surface area contributed by atoms with Crippen LogP contribution in [0.25, 0.3) is 0 Å². The van der Waals surface area contributed by atoms with Crippen LogP contribution >= 0.6 is 0 Å². The summed E-state index contributed by atoms with van der Waals surface area (Å²) in [5.41, 5.74) is 1.06. The summed E-state index contributed by atoms with van der Waals surface area (Å²) >= 11 is 0. The predicted octanol–water partition coefficient (Wildman–Crippen LogP) is 4.66. The number of carbonyl (C=O) groups excluding carboxylic acids is 3. The van der Waals surface area contributed by atoms with E-state index >= 15 is 0 Å². The zero-order chi connectivity index (χ0) is 25.7. The molecule has 0 radical (unpaired) electrons. The van der Waals surface area contributed by atoms with E-state index in [0.717, 1.165) is 0 Å². The van der Waals surface area contributed by atoms with E-state index in [1.54, 1.807) is 67.8 Å². The second-order valence-corrected chi connectivity index (χ2v) is 8.32. The van der Waals surface area contributed by atoms with Gasteiger partial charge in [0.1, 0.15) is 11.5 Å². The first-order valence-electron chi connectivity index (χ1n) is 11.5. The second-order valence-electron chi connectivity index (χ2n) is 8.32. The monoisotopic (exact) mass is 489 g/mol. The molecule has 3 aromatic rings. The Morgan fingerprint density at radius 2 is 1.50 bits per heavy atom. The first-order chi connectivity index (χ1) is 17.4. The van der Waals surface area contributed by atoms with Crippen LogP contribution in [-0.2, 0) is 14.3 Å². The molecule has 0 spiro atoms. The Balaban J connectivity index is 1.36. The zero-order valence-electron chi connectivity index (χ0n) is 20.3. The summed E-state index contributed by atoms with van der Waals surface area (Å²) in [4.78, 5) is 39.5. The second kappa shape index (κ2) is 10.9. The fraction of sp³-hybridized carbons (Fsp3) is 0.250. The molecule has 4 rings (SSSR count). The average Bonchev–Trinajstić information content (AvgIpc) is 3.30. The average molecular weight is 490 g/mol. The predicted molar refractivity (Wildman–Crippen MR) is 133 cm³/mol. The van der Waals surface area contributed by atoms with E-state index < -0.39 is 18.0 Å². The minimum atomic E-state index is -0.971. The summed E-state index contributed by atoms with van der Waals surface area (Å²) in [7, 11) is 3.11. The lowest BCUT2D eigenvalue weighted by Gasteiger charge is -2.18. The molecule has 0 N–H and O–H groups in total. The number of methoxy groups -OCH3 is 2. The van der Waals surface area contributed by atoms with Crippen LogP contribution in [0.5, 0.6) is 23.0 Å². The van der Waals surface area contributed by atoms with E-state index in [0.29, 0.717) is 34.2 Å². The molecule has 2 atom stereocenters. The van der Waals surface area contributed by atoms with E-state index in [1.165, 1.54) is 18.9 Å². The summed E-state index contributed by atoms with van der Waals surface area (Å²) in [5.74, 6) is 0.645. The van der Waals surface area contributed by atoms with E-state index in [9.17, 15) is 14.4 Å². The third kappa shape index (κ3) is 5.49. The van der Waals surface area contributed by atoms with Crippen molar-refractivity contribution < 1.29 is 33.3 Å². The SMILES string of the molecule is COc1ccc(C(=O)[C@@H](C)OC(=O)[C@@H]2CC(=O)N(c3ccc(Oc4ccccc4OC)cc3)C2)cc1. The van der Waals surface area contributed by atoms with Gasteiger partial charge in [0.2, 0.25) is 11.7 Å². The van der Waals surface area contributed by atoms with E-state index in [2.05, 4.69) is 0 Å². The van der Waals surface area contributed by atoms with Gasteiger partial charge in [-0.25, -0.2) is 0 Å². The summed E-state index contributed by atoms with van der Waals surface area (Å²) in [5, 5.41) is 0. The highest BCUT2D eigenvalue weighted by Crippen LogP contribution is 2.33. The third-order valence-corrected chi connectivity index (χ3v) is 5.94. The Kier molecular flexibility index (Phi) is 7.53. The van der Waals surface area contributed by atoms with Gasteiger partial charge in [0.15, 0.2) is 17.6 Å². The lowest BCUT2D eigenvalue weighted by Crippen LogP contribution is -2.30. The minimum Gasteiger partial charge on any atom is -0.497 e. The number of hydrogen-bond acceptors (Lipinski definition) is 7. The molecule has 1 aliphatic rings. The van der Waals surface area contributed by atoms with Crippen LogP contribution < -0.4 is 19.1 Å². The van der Waals surface area contributed by atoms with Crippen molar-refractivity contribution in [3.8, 4) is 23.0 Å². The molecule has 1 aliphatic heterocycles. The van der Waals surface area contributed by atoms with Crippen molar-refractivity contribution in [3.05, 3.63) is 78.4 Å². The highest BCUT2D eigenvalue weighted by atomic mass is 16.5. The molecule has 36 heavy (non-hydrogen) atoms. The van der Waals surface area contributed by atoms with Crippen LogP contribution in [0.3, 0.4) is 0 Å². The fourth-order valence-electron chi connectivity index (χ4n) is 3.95. The topological polar surface area (TPSA) is 91.4 Å². The smallest absolute Gasteiger partial charge is 0.312 e. The van der Waals surface area contributed by atoms with Gasteiger partial charge in [-0.05, 0) is 67.6 Å². The van der Waals surface area contributed by atoms with Gasteiger partial charge in [0, 0.05) is 24.2 Å². The van der Waals surface area contributed by atoms with Crippen LogP contribution in [0.2, 0.25) is 0 Å². The summed E-state index contributed by atoms with van der Waals surface area (Å²) < 4.78 is 21.7. The Morgan fingerprint density at radius 3 is 2.14 bits per heavy atom. The molecule has 0 saturated carbocycles. The number of Topliss-reactive ketones (excluding diaryl/α,β-unsaturated/α-hetero) is 1. The Labute approximate surface area is 209 Å². The molecule has 0 bridgehead atoms. The maximum atomic E-state index is 12.7. The van der Waals surface area contributed by atoms with Crippen LogP contribution in [0.15, 0.2) is 72.8 Å². The molecule has 1 heterocycles. The highest BCUT2D eigenvalue weighted by Gasteiger charge is 2.37. The van der Waals surface area contributed by atoms with Crippen molar-refractivity contribution in [3.63, 3.8) is 0 Å². The van der Waals surface area contributed by atoms with Gasteiger partial charge in [-0.2, -0.15) is 0 Å². The number of carbonyl (C=O) groups is 3. The molecule has 0 aliphatic carbocycles. The number of esters is 1. The van der Waals surface area contributed by atoms with E-state index in [4.69, 9.17) is 18.9 Å². The minimum absolute atomic E-state index is 0.0156. The molecule has 0 aromatic heterocycles. The summed E-state index contributed by atoms with van der Waals surface area (Å²) in [6.07, 6.45) is -0.955. The number of hydrogen-bond donors (Lipinski definition) is 0.